The van der Waals surface area contributed by atoms with Crippen LogP contribution in [0.3, 0.4) is 0 Å². The minimum absolute atomic E-state index is 0.0124. The smallest absolute Gasteiger partial charge is 0.380 e. The highest BCUT2D eigenvalue weighted by atomic mass is 35.5. The molecule has 9 heteroatoms. The average molecular weight is 365 g/mol. The number of hydrogen-bond donors (Lipinski definition) is 1. The van der Waals surface area contributed by atoms with Crippen molar-refractivity contribution in [2.24, 2.45) is 0 Å². The highest BCUT2D eigenvalue weighted by molar-refractivity contribution is 6.33. The van der Waals surface area contributed by atoms with Gasteiger partial charge in [-0.2, -0.15) is 13.2 Å². The second-order valence-corrected chi connectivity index (χ2v) is 5.39. The Hall–Kier alpha value is -1.99. The van der Waals surface area contributed by atoms with Crippen LogP contribution in [0.25, 0.3) is 0 Å². The number of nitro groups is 1. The molecule has 0 aliphatic heterocycles. The van der Waals surface area contributed by atoms with Crippen molar-refractivity contribution in [3.63, 3.8) is 0 Å². The van der Waals surface area contributed by atoms with Crippen molar-refractivity contribution in [3.05, 3.63) is 67.7 Å². The van der Waals surface area contributed by atoms with Crippen LogP contribution < -0.4 is 5.32 Å². The molecule has 0 saturated heterocycles. The van der Waals surface area contributed by atoms with E-state index in [1.54, 1.807) is 0 Å². The number of halogens is 5. The molecule has 0 unspecified atom stereocenters. The standard InChI is InChI=1S/C14H9Cl2F3N2O2/c15-11-4-2-10(21(22)23)5-8(11)7-20-13-6-9(14(17,18)19)1-3-12(13)16/h1-6,20H,7H2. The Morgan fingerprint density at radius 1 is 1.09 bits per heavy atom. The lowest BCUT2D eigenvalue weighted by Gasteiger charge is -2.13. The van der Waals surface area contributed by atoms with E-state index in [1.165, 1.54) is 18.2 Å². The van der Waals surface area contributed by atoms with Gasteiger partial charge in [0.15, 0.2) is 0 Å². The molecule has 2 rings (SSSR count). The second-order valence-electron chi connectivity index (χ2n) is 4.58. The Kier molecular flexibility index (Phi) is 5.01. The van der Waals surface area contributed by atoms with E-state index in [0.29, 0.717) is 5.56 Å². The van der Waals surface area contributed by atoms with Crippen LogP contribution in [0.5, 0.6) is 0 Å². The highest BCUT2D eigenvalue weighted by Crippen LogP contribution is 2.34. The maximum atomic E-state index is 12.7. The number of hydrogen-bond acceptors (Lipinski definition) is 3. The maximum absolute atomic E-state index is 12.7. The quantitative estimate of drug-likeness (QED) is 0.572. The minimum Gasteiger partial charge on any atom is -0.380 e. The summed E-state index contributed by atoms with van der Waals surface area (Å²) in [7, 11) is 0. The Labute approximate surface area is 139 Å². The molecule has 0 spiro atoms. The molecule has 4 nitrogen and oxygen atoms in total. The summed E-state index contributed by atoms with van der Waals surface area (Å²) in [5, 5.41) is 13.8. The monoisotopic (exact) mass is 364 g/mol. The number of benzene rings is 2. The topological polar surface area (TPSA) is 55.2 Å². The molecule has 0 aromatic heterocycles. The number of anilines is 1. The first kappa shape index (κ1) is 17.4. The third-order valence-electron chi connectivity index (χ3n) is 3.00. The Bertz CT molecular complexity index is 751. The Balaban J connectivity index is 2.24. The van der Waals surface area contributed by atoms with Crippen molar-refractivity contribution in [1.82, 2.24) is 0 Å². The van der Waals surface area contributed by atoms with Gasteiger partial charge in [0.2, 0.25) is 0 Å². The zero-order chi connectivity index (χ0) is 17.2. The van der Waals surface area contributed by atoms with Crippen molar-refractivity contribution in [3.8, 4) is 0 Å². The number of rotatable bonds is 4. The molecule has 0 fully saturated rings. The summed E-state index contributed by atoms with van der Waals surface area (Å²) >= 11 is 11.8. The molecule has 0 bridgehead atoms. The lowest BCUT2D eigenvalue weighted by atomic mass is 10.1. The fourth-order valence-electron chi connectivity index (χ4n) is 1.84. The molecule has 0 saturated carbocycles. The SMILES string of the molecule is O=[N+]([O-])c1ccc(Cl)c(CNc2cc(C(F)(F)F)ccc2Cl)c1. The van der Waals surface area contributed by atoms with Crippen molar-refractivity contribution in [2.75, 3.05) is 5.32 Å². The van der Waals surface area contributed by atoms with E-state index in [-0.39, 0.29) is 28.0 Å². The third kappa shape index (κ3) is 4.27. The lowest BCUT2D eigenvalue weighted by Crippen LogP contribution is -2.07. The summed E-state index contributed by atoms with van der Waals surface area (Å²) in [6, 6.07) is 6.70. The molecular formula is C14H9Cl2F3N2O2. The lowest BCUT2D eigenvalue weighted by molar-refractivity contribution is -0.384. The van der Waals surface area contributed by atoms with Gasteiger partial charge < -0.3 is 5.32 Å². The van der Waals surface area contributed by atoms with Crippen LogP contribution in [-0.4, -0.2) is 4.92 Å². The molecule has 2 aromatic rings. The zero-order valence-electron chi connectivity index (χ0n) is 11.3. The molecule has 0 heterocycles. The fraction of sp³-hybridized carbons (Fsp3) is 0.143. The summed E-state index contributed by atoms with van der Waals surface area (Å²) in [5.74, 6) is 0. The van der Waals surface area contributed by atoms with Gasteiger partial charge in [-0.15, -0.1) is 0 Å². The van der Waals surface area contributed by atoms with Crippen LogP contribution in [0.1, 0.15) is 11.1 Å². The summed E-state index contributed by atoms with van der Waals surface area (Å²) < 4.78 is 38.1. The van der Waals surface area contributed by atoms with Gasteiger partial charge in [-0.1, -0.05) is 23.2 Å². The van der Waals surface area contributed by atoms with Gasteiger partial charge in [0.25, 0.3) is 5.69 Å². The first-order chi connectivity index (χ1) is 10.7. The first-order valence-electron chi connectivity index (χ1n) is 6.22. The number of nitrogens with zero attached hydrogens (tertiary/aromatic N) is 1. The van der Waals surface area contributed by atoms with Gasteiger partial charge >= 0.3 is 6.18 Å². The van der Waals surface area contributed by atoms with Gasteiger partial charge in [-0.05, 0) is 29.8 Å². The van der Waals surface area contributed by atoms with Gasteiger partial charge in [0, 0.05) is 23.7 Å². The maximum Gasteiger partial charge on any atom is 0.416 e. The van der Waals surface area contributed by atoms with Gasteiger partial charge in [0.05, 0.1) is 21.2 Å². The predicted molar refractivity (Wildman–Crippen MR) is 81.9 cm³/mol. The molecular weight excluding hydrogens is 356 g/mol. The largest absolute Gasteiger partial charge is 0.416 e. The van der Waals surface area contributed by atoms with Crippen LogP contribution >= 0.6 is 23.2 Å². The summed E-state index contributed by atoms with van der Waals surface area (Å²) in [6.07, 6.45) is -4.50. The molecule has 2 aromatic carbocycles. The molecule has 122 valence electrons. The second kappa shape index (κ2) is 6.64. The van der Waals surface area contributed by atoms with Crippen molar-refractivity contribution in [1.29, 1.82) is 0 Å². The molecule has 0 atom stereocenters. The van der Waals surface area contributed by atoms with E-state index in [4.69, 9.17) is 23.2 Å². The van der Waals surface area contributed by atoms with Crippen LogP contribution in [-0.2, 0) is 12.7 Å². The van der Waals surface area contributed by atoms with Crippen molar-refractivity contribution < 1.29 is 18.1 Å². The molecule has 0 radical (unpaired) electrons. The van der Waals surface area contributed by atoms with Crippen molar-refractivity contribution in [2.45, 2.75) is 12.7 Å². The number of non-ortho nitro benzene ring substituents is 1. The zero-order valence-corrected chi connectivity index (χ0v) is 12.8. The van der Waals surface area contributed by atoms with Crippen LogP contribution in [0.15, 0.2) is 36.4 Å². The number of nitro benzene ring substituents is 1. The Morgan fingerprint density at radius 3 is 2.35 bits per heavy atom. The van der Waals surface area contributed by atoms with Crippen LogP contribution in [0, 0.1) is 10.1 Å². The molecule has 0 amide bonds. The Morgan fingerprint density at radius 2 is 1.74 bits per heavy atom. The predicted octanol–water partition coefficient (Wildman–Crippen LogP) is 5.53. The molecule has 23 heavy (non-hydrogen) atoms. The highest BCUT2D eigenvalue weighted by Gasteiger charge is 2.30. The minimum atomic E-state index is -4.50. The van der Waals surface area contributed by atoms with E-state index in [9.17, 15) is 23.3 Å². The van der Waals surface area contributed by atoms with E-state index >= 15 is 0 Å². The fourth-order valence-corrected chi connectivity index (χ4v) is 2.21. The summed E-state index contributed by atoms with van der Waals surface area (Å²) in [6.45, 7) is -0.0124. The van der Waals surface area contributed by atoms with Crippen LogP contribution in [0.2, 0.25) is 10.0 Å². The molecule has 1 N–H and O–H groups in total. The first-order valence-corrected chi connectivity index (χ1v) is 6.97. The molecule has 0 aliphatic rings. The summed E-state index contributed by atoms with van der Waals surface area (Å²) in [5.41, 5.74) is -0.589. The van der Waals surface area contributed by atoms with Crippen molar-refractivity contribution >= 4 is 34.6 Å². The molecule has 0 aliphatic carbocycles. The van der Waals surface area contributed by atoms with E-state index in [2.05, 4.69) is 5.32 Å². The van der Waals surface area contributed by atoms with E-state index in [1.807, 2.05) is 0 Å². The van der Waals surface area contributed by atoms with E-state index in [0.717, 1.165) is 18.2 Å². The normalized spacial score (nSPS) is 11.3. The number of nitrogens with one attached hydrogen (secondary N) is 1. The van der Waals surface area contributed by atoms with Gasteiger partial charge in [-0.3, -0.25) is 10.1 Å². The van der Waals surface area contributed by atoms with Crippen LogP contribution in [0.4, 0.5) is 24.5 Å². The third-order valence-corrected chi connectivity index (χ3v) is 3.70. The van der Waals surface area contributed by atoms with Gasteiger partial charge in [0.1, 0.15) is 0 Å². The van der Waals surface area contributed by atoms with E-state index < -0.39 is 16.7 Å². The summed E-state index contributed by atoms with van der Waals surface area (Å²) in [4.78, 5) is 10.2. The number of alkyl halides is 3. The van der Waals surface area contributed by atoms with Gasteiger partial charge in [-0.25, -0.2) is 0 Å². The average Bonchev–Trinajstić information content (AvgIpc) is 2.46.